The standard InChI is InChI=1S/C24H20N4O2S/c1-17-7-9-19(10-8-17)23-22(15-25)28(16-18-5-3-2-4-6-18)27-24(23)20-11-13-21(14-12-20)31(26,29)30/h2-14H,16H2,1H3,(H2,26,29,30). The van der Waals surface area contributed by atoms with Gasteiger partial charge in [-0.3, -0.25) is 0 Å². The van der Waals surface area contributed by atoms with Crippen LogP contribution in [0.25, 0.3) is 22.4 Å². The predicted octanol–water partition coefficient (Wildman–Crippen LogP) is 4.09. The first-order chi connectivity index (χ1) is 14.9. The molecule has 3 aromatic carbocycles. The van der Waals surface area contributed by atoms with Gasteiger partial charge in [-0.2, -0.15) is 10.4 Å². The largest absolute Gasteiger partial charge is 0.249 e. The Morgan fingerprint density at radius 3 is 2.13 bits per heavy atom. The van der Waals surface area contributed by atoms with Crippen molar-refractivity contribution in [1.29, 1.82) is 5.26 Å². The summed E-state index contributed by atoms with van der Waals surface area (Å²) in [5.41, 5.74) is 5.46. The van der Waals surface area contributed by atoms with Crippen LogP contribution < -0.4 is 5.14 Å². The van der Waals surface area contributed by atoms with Crippen LogP contribution in [0.1, 0.15) is 16.8 Å². The second-order valence-corrected chi connectivity index (χ2v) is 8.82. The highest BCUT2D eigenvalue weighted by Crippen LogP contribution is 2.35. The van der Waals surface area contributed by atoms with Crippen molar-refractivity contribution < 1.29 is 8.42 Å². The fourth-order valence-corrected chi connectivity index (χ4v) is 3.96. The first-order valence-corrected chi connectivity index (χ1v) is 11.2. The van der Waals surface area contributed by atoms with E-state index in [-0.39, 0.29) is 4.90 Å². The molecule has 2 N–H and O–H groups in total. The smallest absolute Gasteiger partial charge is 0.238 e. The average molecular weight is 429 g/mol. The molecule has 154 valence electrons. The molecule has 4 rings (SSSR count). The van der Waals surface area contributed by atoms with E-state index in [4.69, 9.17) is 10.2 Å². The number of hydrogen-bond donors (Lipinski definition) is 1. The van der Waals surface area contributed by atoms with Crippen molar-refractivity contribution in [1.82, 2.24) is 9.78 Å². The molecule has 1 heterocycles. The highest BCUT2D eigenvalue weighted by atomic mass is 32.2. The van der Waals surface area contributed by atoms with Gasteiger partial charge in [-0.05, 0) is 30.2 Å². The summed E-state index contributed by atoms with van der Waals surface area (Å²) >= 11 is 0. The SMILES string of the molecule is Cc1ccc(-c2c(-c3ccc(S(N)(=O)=O)cc3)nn(Cc3ccccc3)c2C#N)cc1. The van der Waals surface area contributed by atoms with Crippen molar-refractivity contribution in [3.63, 3.8) is 0 Å². The van der Waals surface area contributed by atoms with E-state index in [1.807, 2.05) is 61.5 Å². The highest BCUT2D eigenvalue weighted by molar-refractivity contribution is 7.89. The van der Waals surface area contributed by atoms with E-state index in [0.717, 1.165) is 16.7 Å². The van der Waals surface area contributed by atoms with Crippen molar-refractivity contribution in [2.75, 3.05) is 0 Å². The number of nitrogens with two attached hydrogens (primary N) is 1. The molecule has 4 aromatic rings. The average Bonchev–Trinajstić information content (AvgIpc) is 3.12. The van der Waals surface area contributed by atoms with Gasteiger partial charge >= 0.3 is 0 Å². The number of nitriles is 1. The second-order valence-electron chi connectivity index (χ2n) is 7.26. The Morgan fingerprint density at radius 1 is 0.935 bits per heavy atom. The molecule has 7 heteroatoms. The normalized spacial score (nSPS) is 11.3. The zero-order chi connectivity index (χ0) is 22.0. The predicted molar refractivity (Wildman–Crippen MR) is 119 cm³/mol. The minimum Gasteiger partial charge on any atom is -0.249 e. The Bertz CT molecular complexity index is 1370. The van der Waals surface area contributed by atoms with E-state index < -0.39 is 10.0 Å². The van der Waals surface area contributed by atoms with Gasteiger partial charge in [0.1, 0.15) is 17.5 Å². The van der Waals surface area contributed by atoms with Gasteiger partial charge in [-0.25, -0.2) is 18.2 Å². The summed E-state index contributed by atoms with van der Waals surface area (Å²) in [5, 5.41) is 20.0. The topological polar surface area (TPSA) is 102 Å². The Morgan fingerprint density at radius 2 is 1.55 bits per heavy atom. The first-order valence-electron chi connectivity index (χ1n) is 9.62. The summed E-state index contributed by atoms with van der Waals surface area (Å²) in [6, 6.07) is 26.2. The molecule has 0 radical (unpaired) electrons. The number of primary sulfonamides is 1. The third kappa shape index (κ3) is 4.26. The summed E-state index contributed by atoms with van der Waals surface area (Å²) in [7, 11) is -3.80. The number of rotatable bonds is 5. The Labute approximate surface area is 181 Å². The van der Waals surface area contributed by atoms with Crippen LogP contribution in [0.5, 0.6) is 0 Å². The Balaban J connectivity index is 1.90. The van der Waals surface area contributed by atoms with Gasteiger partial charge in [0.2, 0.25) is 10.0 Å². The molecule has 0 atom stereocenters. The van der Waals surface area contributed by atoms with Crippen LogP contribution >= 0.6 is 0 Å². The van der Waals surface area contributed by atoms with E-state index in [9.17, 15) is 13.7 Å². The molecule has 0 amide bonds. The Hall–Kier alpha value is -3.73. The van der Waals surface area contributed by atoms with Crippen LogP contribution in [0.15, 0.2) is 83.8 Å². The van der Waals surface area contributed by atoms with Crippen LogP contribution in [-0.4, -0.2) is 18.2 Å². The number of aryl methyl sites for hydroxylation is 1. The molecule has 0 fully saturated rings. The van der Waals surface area contributed by atoms with Gasteiger partial charge in [0.15, 0.2) is 0 Å². The molecule has 6 nitrogen and oxygen atoms in total. The van der Waals surface area contributed by atoms with Crippen molar-refractivity contribution >= 4 is 10.0 Å². The minimum atomic E-state index is -3.80. The third-order valence-electron chi connectivity index (χ3n) is 5.03. The number of hydrogen-bond acceptors (Lipinski definition) is 4. The van der Waals surface area contributed by atoms with Gasteiger partial charge in [0, 0.05) is 11.1 Å². The maximum atomic E-state index is 11.6. The maximum Gasteiger partial charge on any atom is 0.238 e. The zero-order valence-electron chi connectivity index (χ0n) is 16.9. The lowest BCUT2D eigenvalue weighted by Gasteiger charge is -2.06. The number of benzene rings is 3. The quantitative estimate of drug-likeness (QED) is 0.517. The lowest BCUT2D eigenvalue weighted by molar-refractivity contribution is 0.598. The fourth-order valence-electron chi connectivity index (χ4n) is 3.44. The van der Waals surface area contributed by atoms with E-state index in [2.05, 4.69) is 6.07 Å². The van der Waals surface area contributed by atoms with E-state index >= 15 is 0 Å². The molecule has 0 aliphatic rings. The first kappa shape index (κ1) is 20.5. The van der Waals surface area contributed by atoms with Gasteiger partial charge in [0.25, 0.3) is 0 Å². The van der Waals surface area contributed by atoms with E-state index in [1.54, 1.807) is 16.8 Å². The van der Waals surface area contributed by atoms with Crippen LogP contribution in [0.3, 0.4) is 0 Å². The molecule has 0 saturated carbocycles. The van der Waals surface area contributed by atoms with Crippen molar-refractivity contribution in [2.45, 2.75) is 18.4 Å². The monoisotopic (exact) mass is 428 g/mol. The highest BCUT2D eigenvalue weighted by Gasteiger charge is 2.21. The van der Waals surface area contributed by atoms with E-state index in [1.165, 1.54) is 12.1 Å². The maximum absolute atomic E-state index is 11.6. The second kappa shape index (κ2) is 8.19. The van der Waals surface area contributed by atoms with Crippen LogP contribution in [0, 0.1) is 18.3 Å². The molecule has 0 saturated heterocycles. The fraction of sp³-hybridized carbons (Fsp3) is 0.0833. The molecule has 31 heavy (non-hydrogen) atoms. The molecule has 1 aromatic heterocycles. The molecular formula is C24H20N4O2S. The van der Waals surface area contributed by atoms with Crippen LogP contribution in [0.4, 0.5) is 0 Å². The molecule has 0 spiro atoms. The summed E-state index contributed by atoms with van der Waals surface area (Å²) in [5.74, 6) is 0. The number of nitrogens with zero attached hydrogens (tertiary/aromatic N) is 3. The summed E-state index contributed by atoms with van der Waals surface area (Å²) in [6.45, 7) is 2.44. The van der Waals surface area contributed by atoms with Crippen LogP contribution in [-0.2, 0) is 16.6 Å². The lowest BCUT2D eigenvalue weighted by Crippen LogP contribution is -2.11. The number of sulfonamides is 1. The minimum absolute atomic E-state index is 0.0253. The zero-order valence-corrected chi connectivity index (χ0v) is 17.7. The van der Waals surface area contributed by atoms with Gasteiger partial charge < -0.3 is 0 Å². The van der Waals surface area contributed by atoms with Crippen LogP contribution in [0.2, 0.25) is 0 Å². The van der Waals surface area contributed by atoms with Crippen molar-refractivity contribution in [3.05, 3.63) is 95.7 Å². The summed E-state index contributed by atoms with van der Waals surface area (Å²) in [4.78, 5) is 0.0253. The van der Waals surface area contributed by atoms with Crippen molar-refractivity contribution in [2.24, 2.45) is 5.14 Å². The van der Waals surface area contributed by atoms with Gasteiger partial charge in [-0.1, -0.05) is 72.3 Å². The van der Waals surface area contributed by atoms with Gasteiger partial charge in [0.05, 0.1) is 11.4 Å². The molecule has 0 aliphatic carbocycles. The number of aromatic nitrogens is 2. The summed E-state index contributed by atoms with van der Waals surface area (Å²) in [6.07, 6.45) is 0. The third-order valence-corrected chi connectivity index (χ3v) is 5.96. The van der Waals surface area contributed by atoms with Crippen molar-refractivity contribution in [3.8, 4) is 28.5 Å². The summed E-state index contributed by atoms with van der Waals surface area (Å²) < 4.78 is 24.9. The molecule has 0 bridgehead atoms. The molecule has 0 aliphatic heterocycles. The molecule has 0 unspecified atom stereocenters. The lowest BCUT2D eigenvalue weighted by atomic mass is 9.98. The molecular weight excluding hydrogens is 408 g/mol. The van der Waals surface area contributed by atoms with E-state index in [0.29, 0.717) is 29.1 Å². The Kier molecular flexibility index (Phi) is 5.42. The van der Waals surface area contributed by atoms with Gasteiger partial charge in [-0.15, -0.1) is 0 Å².